The Morgan fingerprint density at radius 3 is 2.36 bits per heavy atom. The first kappa shape index (κ1) is 15.2. The second kappa shape index (κ2) is 6.58. The molecular formula is C17H20F2N2O. The molecule has 1 heterocycles. The summed E-state index contributed by atoms with van der Waals surface area (Å²) in [5.74, 6) is 0.715. The van der Waals surface area contributed by atoms with Crippen LogP contribution in [0.25, 0.3) is 10.8 Å². The molecule has 0 bridgehead atoms. The van der Waals surface area contributed by atoms with Crippen molar-refractivity contribution in [2.24, 2.45) is 0 Å². The first-order chi connectivity index (χ1) is 10.7. The number of piperazine rings is 1. The van der Waals surface area contributed by atoms with Gasteiger partial charge in [-0.3, -0.25) is 4.90 Å². The maximum atomic E-state index is 13.8. The molecule has 0 saturated carbocycles. The highest BCUT2D eigenvalue weighted by Crippen LogP contribution is 2.36. The molecule has 0 spiro atoms. The van der Waals surface area contributed by atoms with E-state index in [0.29, 0.717) is 24.4 Å². The number of alkyl halides is 2. The number of hydrogen-bond donors (Lipinski definition) is 1. The lowest BCUT2D eigenvalue weighted by Crippen LogP contribution is -2.46. The number of hydrogen-bond acceptors (Lipinski definition) is 3. The molecule has 1 atom stereocenters. The number of halogens is 2. The zero-order valence-electron chi connectivity index (χ0n) is 12.6. The van der Waals surface area contributed by atoms with Crippen molar-refractivity contribution in [2.45, 2.75) is 12.5 Å². The van der Waals surface area contributed by atoms with Gasteiger partial charge in [-0.2, -0.15) is 0 Å². The number of ether oxygens (including phenoxy) is 1. The Morgan fingerprint density at radius 2 is 1.73 bits per heavy atom. The lowest BCUT2D eigenvalue weighted by molar-refractivity contribution is 0.0189. The van der Waals surface area contributed by atoms with Gasteiger partial charge in [0.15, 0.2) is 0 Å². The third-order valence-electron chi connectivity index (χ3n) is 4.24. The molecule has 0 unspecified atom stereocenters. The largest absolute Gasteiger partial charge is 0.496 e. The van der Waals surface area contributed by atoms with Gasteiger partial charge in [-0.05, 0) is 17.0 Å². The Balaban J connectivity index is 2.09. The topological polar surface area (TPSA) is 24.5 Å². The number of rotatable bonds is 4. The summed E-state index contributed by atoms with van der Waals surface area (Å²) in [6, 6.07) is 10.3. The molecule has 0 aromatic heterocycles. The normalized spacial score (nSPS) is 17.8. The maximum absolute atomic E-state index is 13.8. The Morgan fingerprint density at radius 1 is 1.05 bits per heavy atom. The van der Waals surface area contributed by atoms with Gasteiger partial charge in [0.05, 0.1) is 13.2 Å². The molecule has 2 aromatic rings. The number of nitrogens with one attached hydrogen (secondary N) is 1. The number of methoxy groups -OCH3 is 1. The van der Waals surface area contributed by atoms with Gasteiger partial charge in [-0.1, -0.05) is 30.3 Å². The molecule has 0 aliphatic carbocycles. The summed E-state index contributed by atoms with van der Waals surface area (Å²) in [7, 11) is 1.60. The monoisotopic (exact) mass is 306 g/mol. The number of benzene rings is 2. The van der Waals surface area contributed by atoms with Gasteiger partial charge < -0.3 is 10.1 Å². The Hall–Kier alpha value is -1.72. The molecule has 0 radical (unpaired) electrons. The quantitative estimate of drug-likeness (QED) is 0.939. The zero-order chi connectivity index (χ0) is 15.5. The van der Waals surface area contributed by atoms with Gasteiger partial charge in [0.25, 0.3) is 6.43 Å². The summed E-state index contributed by atoms with van der Waals surface area (Å²) in [6.45, 7) is 2.76. The fourth-order valence-electron chi connectivity index (χ4n) is 3.18. The van der Waals surface area contributed by atoms with E-state index in [0.717, 1.165) is 23.9 Å². The lowest BCUT2D eigenvalue weighted by atomic mass is 9.96. The van der Waals surface area contributed by atoms with E-state index in [1.807, 2.05) is 29.2 Å². The molecule has 1 aliphatic rings. The Labute approximate surface area is 128 Å². The Bertz CT molecular complexity index is 642. The summed E-state index contributed by atoms with van der Waals surface area (Å²) in [6.07, 6.45) is -2.42. The van der Waals surface area contributed by atoms with Crippen molar-refractivity contribution in [1.29, 1.82) is 0 Å². The van der Waals surface area contributed by atoms with Gasteiger partial charge in [-0.15, -0.1) is 0 Å². The highest BCUT2D eigenvalue weighted by Gasteiger charge is 2.31. The standard InChI is InChI=1S/C17H20F2N2O/c1-22-15-7-6-14(12-4-2-3-5-13(12)15)16(17(18)19)21-10-8-20-9-11-21/h2-7,16-17,20H,8-11H2,1H3/t16-/m1/s1. The van der Waals surface area contributed by atoms with E-state index in [9.17, 15) is 8.78 Å². The molecule has 1 N–H and O–H groups in total. The predicted molar refractivity (Wildman–Crippen MR) is 83.7 cm³/mol. The van der Waals surface area contributed by atoms with Gasteiger partial charge in [0.1, 0.15) is 5.75 Å². The van der Waals surface area contributed by atoms with Crippen LogP contribution in [-0.4, -0.2) is 44.6 Å². The van der Waals surface area contributed by atoms with Crippen molar-refractivity contribution >= 4 is 10.8 Å². The molecule has 3 nitrogen and oxygen atoms in total. The minimum absolute atomic E-state index is 0.634. The molecule has 0 amide bonds. The SMILES string of the molecule is COc1ccc([C@H](C(F)F)N2CCNCC2)c2ccccc12. The highest BCUT2D eigenvalue weighted by molar-refractivity contribution is 5.91. The summed E-state index contributed by atoms with van der Waals surface area (Å²) in [4.78, 5) is 1.87. The van der Waals surface area contributed by atoms with Crippen molar-refractivity contribution in [3.8, 4) is 5.75 Å². The smallest absolute Gasteiger partial charge is 0.258 e. The summed E-state index contributed by atoms with van der Waals surface area (Å²) < 4.78 is 32.9. The van der Waals surface area contributed by atoms with E-state index >= 15 is 0 Å². The average Bonchev–Trinajstić information content (AvgIpc) is 2.56. The van der Waals surface area contributed by atoms with Crippen LogP contribution in [0.3, 0.4) is 0 Å². The average molecular weight is 306 g/mol. The van der Waals surface area contributed by atoms with Crippen LogP contribution >= 0.6 is 0 Å². The summed E-state index contributed by atoms with van der Waals surface area (Å²) in [5, 5.41) is 4.93. The fourth-order valence-corrected chi connectivity index (χ4v) is 3.18. The Kier molecular flexibility index (Phi) is 4.55. The van der Waals surface area contributed by atoms with Gasteiger partial charge in [0, 0.05) is 31.6 Å². The van der Waals surface area contributed by atoms with Crippen molar-refractivity contribution in [3.05, 3.63) is 42.0 Å². The maximum Gasteiger partial charge on any atom is 0.258 e. The molecule has 2 aromatic carbocycles. The van der Waals surface area contributed by atoms with Crippen LogP contribution in [-0.2, 0) is 0 Å². The summed E-state index contributed by atoms with van der Waals surface area (Å²) in [5.41, 5.74) is 0.674. The van der Waals surface area contributed by atoms with Gasteiger partial charge in [0.2, 0.25) is 0 Å². The predicted octanol–water partition coefficient (Wildman–Crippen LogP) is 3.06. The van der Waals surface area contributed by atoms with Crippen molar-refractivity contribution in [3.63, 3.8) is 0 Å². The third kappa shape index (κ3) is 2.78. The van der Waals surface area contributed by atoms with E-state index in [4.69, 9.17) is 4.74 Å². The number of nitrogens with zero attached hydrogens (tertiary/aromatic N) is 1. The number of fused-ring (bicyclic) bond motifs is 1. The summed E-state index contributed by atoms with van der Waals surface area (Å²) >= 11 is 0. The molecule has 1 saturated heterocycles. The van der Waals surface area contributed by atoms with Crippen molar-refractivity contribution < 1.29 is 13.5 Å². The van der Waals surface area contributed by atoms with Crippen LogP contribution < -0.4 is 10.1 Å². The minimum atomic E-state index is -2.42. The van der Waals surface area contributed by atoms with Crippen molar-refractivity contribution in [1.82, 2.24) is 10.2 Å². The van der Waals surface area contributed by atoms with Gasteiger partial charge in [-0.25, -0.2) is 8.78 Å². The van der Waals surface area contributed by atoms with Crippen molar-refractivity contribution in [2.75, 3.05) is 33.3 Å². The van der Waals surface area contributed by atoms with E-state index in [-0.39, 0.29) is 0 Å². The van der Waals surface area contributed by atoms with Crippen LogP contribution in [0.4, 0.5) is 8.78 Å². The zero-order valence-corrected chi connectivity index (χ0v) is 12.6. The van der Waals surface area contributed by atoms with E-state index in [1.54, 1.807) is 19.2 Å². The molecule has 1 aliphatic heterocycles. The molecule has 22 heavy (non-hydrogen) atoms. The molecule has 118 valence electrons. The highest BCUT2D eigenvalue weighted by atomic mass is 19.3. The lowest BCUT2D eigenvalue weighted by Gasteiger charge is -2.35. The van der Waals surface area contributed by atoms with Crippen LogP contribution in [0.1, 0.15) is 11.6 Å². The van der Waals surface area contributed by atoms with Crippen LogP contribution in [0.2, 0.25) is 0 Å². The first-order valence-electron chi connectivity index (χ1n) is 7.51. The molecule has 5 heteroatoms. The first-order valence-corrected chi connectivity index (χ1v) is 7.51. The van der Waals surface area contributed by atoms with E-state index in [2.05, 4.69) is 5.32 Å². The van der Waals surface area contributed by atoms with Gasteiger partial charge >= 0.3 is 0 Å². The molecular weight excluding hydrogens is 286 g/mol. The molecule has 3 rings (SSSR count). The second-order valence-corrected chi connectivity index (χ2v) is 5.47. The van der Waals surface area contributed by atoms with Crippen LogP contribution in [0, 0.1) is 0 Å². The second-order valence-electron chi connectivity index (χ2n) is 5.47. The molecule has 1 fully saturated rings. The third-order valence-corrected chi connectivity index (χ3v) is 4.24. The fraction of sp³-hybridized carbons (Fsp3) is 0.412. The van der Waals surface area contributed by atoms with Crippen LogP contribution in [0.15, 0.2) is 36.4 Å². The van der Waals surface area contributed by atoms with E-state index in [1.165, 1.54) is 0 Å². The van der Waals surface area contributed by atoms with Crippen LogP contribution in [0.5, 0.6) is 5.75 Å². The van der Waals surface area contributed by atoms with E-state index < -0.39 is 12.5 Å². The minimum Gasteiger partial charge on any atom is -0.496 e.